The fourth-order valence-electron chi connectivity index (χ4n) is 3.45. The Hall–Kier alpha value is -2.70. The number of rotatable bonds is 6. The molecule has 1 fully saturated rings. The molecule has 1 aliphatic carbocycles. The number of aromatic nitrogens is 2. The Labute approximate surface area is 158 Å². The van der Waals surface area contributed by atoms with Crippen molar-refractivity contribution in [1.82, 2.24) is 15.5 Å². The topological polar surface area (TPSA) is 105 Å². The number of carboxylic acids is 1. The largest absolute Gasteiger partial charge is 0.481 e. The predicted molar refractivity (Wildman–Crippen MR) is 98.9 cm³/mol. The Balaban J connectivity index is 1.54. The molecule has 3 rings (SSSR count). The number of carbonyl (C=O) groups is 2. The highest BCUT2D eigenvalue weighted by Crippen LogP contribution is 2.24. The second-order valence-corrected chi connectivity index (χ2v) is 7.13. The molecule has 144 valence electrons. The van der Waals surface area contributed by atoms with Gasteiger partial charge in [-0.3, -0.25) is 9.59 Å². The van der Waals surface area contributed by atoms with Crippen LogP contribution in [0.1, 0.15) is 50.0 Å². The maximum absolute atomic E-state index is 12.3. The van der Waals surface area contributed by atoms with E-state index >= 15 is 0 Å². The van der Waals surface area contributed by atoms with Crippen LogP contribution in [0.2, 0.25) is 0 Å². The number of aliphatic carboxylic acids is 1. The van der Waals surface area contributed by atoms with E-state index in [0.717, 1.165) is 30.4 Å². The van der Waals surface area contributed by atoms with Gasteiger partial charge >= 0.3 is 5.97 Å². The Morgan fingerprint density at radius 1 is 1.19 bits per heavy atom. The number of nitrogens with one attached hydrogen (secondary N) is 1. The van der Waals surface area contributed by atoms with Crippen LogP contribution in [-0.4, -0.2) is 33.2 Å². The average Bonchev–Trinajstić information content (AvgIpc) is 2.99. The lowest BCUT2D eigenvalue weighted by Gasteiger charge is -2.22. The first-order chi connectivity index (χ1) is 13.0. The smallest absolute Gasteiger partial charge is 0.308 e. The third-order valence-electron chi connectivity index (χ3n) is 5.02. The molecule has 27 heavy (non-hydrogen) atoms. The van der Waals surface area contributed by atoms with Crippen LogP contribution in [0.5, 0.6) is 0 Å². The number of nitrogens with zero attached hydrogens (tertiary/aromatic N) is 2. The minimum absolute atomic E-state index is 0.178. The Kier molecular flexibility index (Phi) is 6.21. The third-order valence-corrected chi connectivity index (χ3v) is 5.02. The van der Waals surface area contributed by atoms with E-state index in [9.17, 15) is 14.7 Å². The molecule has 0 saturated heterocycles. The molecule has 0 bridgehead atoms. The summed E-state index contributed by atoms with van der Waals surface area (Å²) in [6, 6.07) is 7.50. The van der Waals surface area contributed by atoms with Gasteiger partial charge in [0, 0.05) is 24.4 Å². The van der Waals surface area contributed by atoms with Crippen molar-refractivity contribution in [3.05, 3.63) is 35.7 Å². The molecule has 1 saturated carbocycles. The van der Waals surface area contributed by atoms with Crippen LogP contribution in [0.4, 0.5) is 0 Å². The zero-order chi connectivity index (χ0) is 19.2. The number of carbonyl (C=O) groups excluding carboxylic acids is 1. The second-order valence-electron chi connectivity index (χ2n) is 7.13. The highest BCUT2D eigenvalue weighted by Gasteiger charge is 2.30. The lowest BCUT2D eigenvalue weighted by molar-refractivity contribution is -0.143. The number of amides is 1. The Morgan fingerprint density at radius 3 is 2.67 bits per heavy atom. The van der Waals surface area contributed by atoms with Crippen molar-refractivity contribution in [3.8, 4) is 11.4 Å². The van der Waals surface area contributed by atoms with Gasteiger partial charge in [-0.05, 0) is 19.8 Å². The van der Waals surface area contributed by atoms with E-state index in [1.807, 2.05) is 31.2 Å². The summed E-state index contributed by atoms with van der Waals surface area (Å²) in [4.78, 5) is 28.1. The molecular formula is C20H25N3O4. The number of hydrogen-bond donors (Lipinski definition) is 2. The van der Waals surface area contributed by atoms with Crippen molar-refractivity contribution < 1.29 is 19.2 Å². The van der Waals surface area contributed by atoms with E-state index in [-0.39, 0.29) is 18.4 Å². The van der Waals surface area contributed by atoms with Gasteiger partial charge in [-0.2, -0.15) is 4.98 Å². The van der Waals surface area contributed by atoms with Crippen LogP contribution in [0.25, 0.3) is 11.4 Å². The zero-order valence-electron chi connectivity index (χ0n) is 15.5. The fourth-order valence-corrected chi connectivity index (χ4v) is 3.45. The van der Waals surface area contributed by atoms with E-state index in [4.69, 9.17) is 4.52 Å². The van der Waals surface area contributed by atoms with Crippen molar-refractivity contribution in [2.45, 2.75) is 57.9 Å². The quantitative estimate of drug-likeness (QED) is 0.756. The average molecular weight is 371 g/mol. The van der Waals surface area contributed by atoms with E-state index < -0.39 is 11.9 Å². The molecule has 2 N–H and O–H groups in total. The SMILES string of the molecule is Cc1ccc(-c2noc(CCC(=O)N[C@@H]3CCCCC[C@@H]3C(=O)O)n2)cc1. The molecule has 1 aliphatic rings. The second kappa shape index (κ2) is 8.79. The summed E-state index contributed by atoms with van der Waals surface area (Å²) in [6.45, 7) is 2.01. The summed E-state index contributed by atoms with van der Waals surface area (Å²) in [6.07, 6.45) is 4.70. The van der Waals surface area contributed by atoms with Gasteiger partial charge in [-0.1, -0.05) is 54.2 Å². The molecule has 0 radical (unpaired) electrons. The first-order valence-electron chi connectivity index (χ1n) is 9.45. The molecular weight excluding hydrogens is 346 g/mol. The first kappa shape index (κ1) is 19.1. The number of aryl methyl sites for hydroxylation is 2. The highest BCUT2D eigenvalue weighted by molar-refractivity contribution is 5.78. The Morgan fingerprint density at radius 2 is 1.93 bits per heavy atom. The summed E-state index contributed by atoms with van der Waals surface area (Å²) < 4.78 is 5.23. The monoisotopic (exact) mass is 371 g/mol. The Bertz CT molecular complexity index is 785. The standard InChI is InChI=1S/C20H25N3O4/c1-13-7-9-14(10-8-13)19-22-18(27-23-19)12-11-17(24)21-16-6-4-2-3-5-15(16)20(25)26/h7-10,15-16H,2-6,11-12H2,1H3,(H,21,24)(H,25,26)/t15-,16+/m0/s1. The zero-order valence-corrected chi connectivity index (χ0v) is 15.5. The van der Waals surface area contributed by atoms with Gasteiger partial charge in [-0.25, -0.2) is 0 Å². The van der Waals surface area contributed by atoms with Crippen molar-refractivity contribution in [3.63, 3.8) is 0 Å². The van der Waals surface area contributed by atoms with Gasteiger partial charge in [0.25, 0.3) is 0 Å². The van der Waals surface area contributed by atoms with Crippen LogP contribution in [-0.2, 0) is 16.0 Å². The van der Waals surface area contributed by atoms with Crippen molar-refractivity contribution in [2.24, 2.45) is 5.92 Å². The molecule has 0 aliphatic heterocycles. The van der Waals surface area contributed by atoms with E-state index in [1.165, 1.54) is 0 Å². The minimum atomic E-state index is -0.832. The molecule has 1 heterocycles. The molecule has 2 aromatic rings. The van der Waals surface area contributed by atoms with Crippen LogP contribution in [0, 0.1) is 12.8 Å². The van der Waals surface area contributed by atoms with Crippen LogP contribution in [0.3, 0.4) is 0 Å². The van der Waals surface area contributed by atoms with Crippen LogP contribution >= 0.6 is 0 Å². The maximum Gasteiger partial charge on any atom is 0.308 e. The van der Waals surface area contributed by atoms with E-state index in [2.05, 4.69) is 15.5 Å². The number of hydrogen-bond acceptors (Lipinski definition) is 5. The summed E-state index contributed by atoms with van der Waals surface area (Å²) in [5.74, 6) is -0.616. The van der Waals surface area contributed by atoms with Crippen molar-refractivity contribution >= 4 is 11.9 Å². The van der Waals surface area contributed by atoms with E-state index in [0.29, 0.717) is 31.0 Å². The van der Waals surface area contributed by atoms with Crippen LogP contribution < -0.4 is 5.32 Å². The number of benzene rings is 1. The van der Waals surface area contributed by atoms with Gasteiger partial charge in [0.15, 0.2) is 0 Å². The molecule has 2 atom stereocenters. The summed E-state index contributed by atoms with van der Waals surface area (Å²) in [5.41, 5.74) is 2.01. The highest BCUT2D eigenvalue weighted by atomic mass is 16.5. The van der Waals surface area contributed by atoms with Gasteiger partial charge in [-0.15, -0.1) is 0 Å². The molecule has 1 aromatic heterocycles. The third kappa shape index (κ3) is 5.15. The summed E-state index contributed by atoms with van der Waals surface area (Å²) >= 11 is 0. The molecule has 1 amide bonds. The first-order valence-corrected chi connectivity index (χ1v) is 9.45. The molecule has 7 heteroatoms. The lowest BCUT2D eigenvalue weighted by atomic mass is 9.94. The van der Waals surface area contributed by atoms with Gasteiger partial charge in [0.1, 0.15) is 0 Å². The molecule has 7 nitrogen and oxygen atoms in total. The molecule has 1 aromatic carbocycles. The van der Waals surface area contributed by atoms with E-state index in [1.54, 1.807) is 0 Å². The number of carboxylic acid groups (broad SMARTS) is 1. The maximum atomic E-state index is 12.3. The molecule has 0 spiro atoms. The van der Waals surface area contributed by atoms with Crippen LogP contribution in [0.15, 0.2) is 28.8 Å². The van der Waals surface area contributed by atoms with Gasteiger partial charge in [0.05, 0.1) is 5.92 Å². The minimum Gasteiger partial charge on any atom is -0.481 e. The summed E-state index contributed by atoms with van der Waals surface area (Å²) in [7, 11) is 0. The summed E-state index contributed by atoms with van der Waals surface area (Å²) in [5, 5.41) is 16.3. The van der Waals surface area contributed by atoms with Gasteiger partial charge in [0.2, 0.25) is 17.6 Å². The van der Waals surface area contributed by atoms with Crippen molar-refractivity contribution in [1.29, 1.82) is 0 Å². The van der Waals surface area contributed by atoms with Crippen molar-refractivity contribution in [2.75, 3.05) is 0 Å². The van der Waals surface area contributed by atoms with Gasteiger partial charge < -0.3 is 14.9 Å². The normalized spacial score (nSPS) is 20.0. The predicted octanol–water partition coefficient (Wildman–Crippen LogP) is 3.13. The molecule has 0 unspecified atom stereocenters. The lowest BCUT2D eigenvalue weighted by Crippen LogP contribution is -2.42. The fraction of sp³-hybridized carbons (Fsp3) is 0.500.